The standard InChI is InChI=1S/C18H15N3O3/c1-21-17(14-9-11(24-2)3-4-15(14)20-21)10-7-13-12(18(22)23)5-6-19-16(13)8-10/h3-6,8-9H,7H2,1-2H3,(H,22,23). The minimum Gasteiger partial charge on any atom is -0.497 e. The van der Waals surface area contributed by atoms with Gasteiger partial charge in [0.1, 0.15) is 5.75 Å². The van der Waals surface area contributed by atoms with Gasteiger partial charge in [0.15, 0.2) is 0 Å². The van der Waals surface area contributed by atoms with E-state index in [-0.39, 0.29) is 0 Å². The van der Waals surface area contributed by atoms with Gasteiger partial charge in [0.25, 0.3) is 0 Å². The first-order valence-corrected chi connectivity index (χ1v) is 7.51. The number of methoxy groups -OCH3 is 1. The first-order chi connectivity index (χ1) is 11.6. The Hall–Kier alpha value is -3.15. The van der Waals surface area contributed by atoms with E-state index in [1.165, 1.54) is 6.20 Å². The first-order valence-electron chi connectivity index (χ1n) is 7.51. The monoisotopic (exact) mass is 321 g/mol. The SMILES string of the molecule is COc1ccc2nn(C)c(C3=Cc4nccc(C(=O)O)c4C3)c2c1. The van der Waals surface area contributed by atoms with Crippen LogP contribution in [-0.2, 0) is 13.5 Å². The Balaban J connectivity index is 1.87. The van der Waals surface area contributed by atoms with Crippen molar-refractivity contribution in [2.24, 2.45) is 7.05 Å². The topological polar surface area (TPSA) is 77.2 Å². The molecule has 4 rings (SSSR count). The molecule has 0 fully saturated rings. The Morgan fingerprint density at radius 1 is 1.33 bits per heavy atom. The van der Waals surface area contributed by atoms with Crippen LogP contribution in [0, 0.1) is 0 Å². The third-order valence-electron chi connectivity index (χ3n) is 4.34. The van der Waals surface area contributed by atoms with Crippen molar-refractivity contribution in [3.05, 3.63) is 53.0 Å². The summed E-state index contributed by atoms with van der Waals surface area (Å²) in [6.45, 7) is 0. The quantitative estimate of drug-likeness (QED) is 0.802. The van der Waals surface area contributed by atoms with Crippen molar-refractivity contribution in [3.63, 3.8) is 0 Å². The molecule has 1 aliphatic carbocycles. The van der Waals surface area contributed by atoms with Crippen molar-refractivity contribution in [1.29, 1.82) is 0 Å². The molecular weight excluding hydrogens is 306 g/mol. The highest BCUT2D eigenvalue weighted by molar-refractivity contribution is 6.00. The minimum atomic E-state index is -0.931. The van der Waals surface area contributed by atoms with Crippen LogP contribution in [0.3, 0.4) is 0 Å². The highest BCUT2D eigenvalue weighted by atomic mass is 16.5. The van der Waals surface area contributed by atoms with E-state index < -0.39 is 5.97 Å². The van der Waals surface area contributed by atoms with Crippen LogP contribution < -0.4 is 4.74 Å². The Labute approximate surface area is 138 Å². The number of benzene rings is 1. The summed E-state index contributed by atoms with van der Waals surface area (Å²) in [5, 5.41) is 14.9. The molecule has 0 atom stereocenters. The van der Waals surface area contributed by atoms with Gasteiger partial charge in [-0.1, -0.05) is 0 Å². The van der Waals surface area contributed by atoms with Crippen LogP contribution in [0.2, 0.25) is 0 Å². The number of carboxylic acid groups (broad SMARTS) is 1. The second-order valence-electron chi connectivity index (χ2n) is 5.73. The normalized spacial score (nSPS) is 13.0. The van der Waals surface area contributed by atoms with E-state index in [2.05, 4.69) is 10.1 Å². The van der Waals surface area contributed by atoms with Crippen molar-refractivity contribution in [3.8, 4) is 5.75 Å². The predicted molar refractivity (Wildman–Crippen MR) is 90.0 cm³/mol. The van der Waals surface area contributed by atoms with Crippen molar-refractivity contribution < 1.29 is 14.6 Å². The van der Waals surface area contributed by atoms with Crippen LogP contribution >= 0.6 is 0 Å². The second-order valence-corrected chi connectivity index (χ2v) is 5.73. The highest BCUT2D eigenvalue weighted by Gasteiger charge is 2.24. The third-order valence-corrected chi connectivity index (χ3v) is 4.34. The van der Waals surface area contributed by atoms with Gasteiger partial charge in [0.05, 0.1) is 29.6 Å². The Kier molecular flexibility index (Phi) is 3.13. The number of rotatable bonds is 3. The molecule has 3 aromatic rings. The van der Waals surface area contributed by atoms with Gasteiger partial charge < -0.3 is 9.84 Å². The molecule has 1 aromatic carbocycles. The average Bonchev–Trinajstić information content (AvgIpc) is 3.12. The average molecular weight is 321 g/mol. The van der Waals surface area contributed by atoms with E-state index in [9.17, 15) is 9.90 Å². The summed E-state index contributed by atoms with van der Waals surface area (Å²) < 4.78 is 7.14. The second kappa shape index (κ2) is 5.19. The first kappa shape index (κ1) is 14.4. The summed E-state index contributed by atoms with van der Waals surface area (Å²) >= 11 is 0. The highest BCUT2D eigenvalue weighted by Crippen LogP contribution is 2.36. The fraction of sp³-hybridized carbons (Fsp3) is 0.167. The molecule has 0 bridgehead atoms. The van der Waals surface area contributed by atoms with Gasteiger partial charge in [-0.3, -0.25) is 9.67 Å². The molecule has 0 unspecified atom stereocenters. The van der Waals surface area contributed by atoms with Gasteiger partial charge in [-0.15, -0.1) is 0 Å². The van der Waals surface area contributed by atoms with Crippen LogP contribution in [0.15, 0.2) is 30.5 Å². The van der Waals surface area contributed by atoms with E-state index in [1.807, 2.05) is 36.0 Å². The summed E-state index contributed by atoms with van der Waals surface area (Å²) in [6, 6.07) is 7.29. The summed E-state index contributed by atoms with van der Waals surface area (Å²) in [7, 11) is 3.52. The lowest BCUT2D eigenvalue weighted by Crippen LogP contribution is -2.04. The lowest BCUT2D eigenvalue weighted by atomic mass is 10.0. The smallest absolute Gasteiger partial charge is 0.336 e. The maximum atomic E-state index is 11.4. The summed E-state index contributed by atoms with van der Waals surface area (Å²) in [5.41, 5.74) is 4.59. The van der Waals surface area contributed by atoms with Gasteiger partial charge in [-0.2, -0.15) is 5.10 Å². The van der Waals surface area contributed by atoms with Gasteiger partial charge in [0.2, 0.25) is 0 Å². The molecule has 2 aromatic heterocycles. The number of carboxylic acids is 1. The number of allylic oxidation sites excluding steroid dienone is 1. The van der Waals surface area contributed by atoms with Crippen LogP contribution in [0.25, 0.3) is 22.6 Å². The zero-order chi connectivity index (χ0) is 16.8. The van der Waals surface area contributed by atoms with Crippen molar-refractivity contribution in [1.82, 2.24) is 14.8 Å². The van der Waals surface area contributed by atoms with Gasteiger partial charge >= 0.3 is 5.97 Å². The number of nitrogens with zero attached hydrogens (tertiary/aromatic N) is 3. The number of pyridine rings is 1. The number of hydrogen-bond acceptors (Lipinski definition) is 4. The van der Waals surface area contributed by atoms with Crippen molar-refractivity contribution >= 4 is 28.5 Å². The fourth-order valence-corrected chi connectivity index (χ4v) is 3.26. The predicted octanol–water partition coefficient (Wildman–Crippen LogP) is 2.77. The van der Waals surface area contributed by atoms with Gasteiger partial charge in [-0.05, 0) is 41.5 Å². The lowest BCUT2D eigenvalue weighted by molar-refractivity contribution is 0.0695. The van der Waals surface area contributed by atoms with Crippen LogP contribution in [0.5, 0.6) is 5.75 Å². The van der Waals surface area contributed by atoms with E-state index >= 15 is 0 Å². The van der Waals surface area contributed by atoms with Crippen LogP contribution in [-0.4, -0.2) is 33.0 Å². The molecule has 0 saturated carbocycles. The number of fused-ring (bicyclic) bond motifs is 2. The zero-order valence-corrected chi connectivity index (χ0v) is 13.3. The zero-order valence-electron chi connectivity index (χ0n) is 13.3. The molecule has 0 spiro atoms. The maximum absolute atomic E-state index is 11.4. The fourth-order valence-electron chi connectivity index (χ4n) is 3.26. The molecule has 0 radical (unpaired) electrons. The van der Waals surface area contributed by atoms with Gasteiger partial charge in [0, 0.05) is 25.1 Å². The molecule has 120 valence electrons. The Bertz CT molecular complexity index is 1020. The van der Waals surface area contributed by atoms with Crippen LogP contribution in [0.1, 0.15) is 27.3 Å². The Morgan fingerprint density at radius 2 is 2.17 bits per heavy atom. The molecule has 24 heavy (non-hydrogen) atoms. The summed E-state index contributed by atoms with van der Waals surface area (Å²) in [4.78, 5) is 15.7. The maximum Gasteiger partial charge on any atom is 0.336 e. The molecule has 1 aliphatic rings. The number of hydrogen-bond donors (Lipinski definition) is 1. The molecule has 0 saturated heterocycles. The molecule has 0 amide bonds. The third kappa shape index (κ3) is 2.07. The summed E-state index contributed by atoms with van der Waals surface area (Å²) in [5.74, 6) is -0.169. The molecular formula is C18H15N3O3. The number of aromatic nitrogens is 3. The molecule has 6 nitrogen and oxygen atoms in total. The number of aromatic carboxylic acids is 1. The largest absolute Gasteiger partial charge is 0.497 e. The lowest BCUT2D eigenvalue weighted by Gasteiger charge is -2.06. The van der Waals surface area contributed by atoms with Crippen molar-refractivity contribution in [2.75, 3.05) is 7.11 Å². The number of ether oxygens (including phenoxy) is 1. The number of carbonyl (C=O) groups is 1. The number of aryl methyl sites for hydroxylation is 1. The summed E-state index contributed by atoms with van der Waals surface area (Å²) in [6.07, 6.45) is 4.00. The van der Waals surface area contributed by atoms with E-state index in [0.29, 0.717) is 17.7 Å². The van der Waals surface area contributed by atoms with E-state index in [1.54, 1.807) is 13.2 Å². The molecule has 0 aliphatic heterocycles. The van der Waals surface area contributed by atoms with E-state index in [4.69, 9.17) is 4.74 Å². The minimum absolute atomic E-state index is 0.301. The van der Waals surface area contributed by atoms with E-state index in [0.717, 1.165) is 33.5 Å². The Morgan fingerprint density at radius 3 is 2.92 bits per heavy atom. The van der Waals surface area contributed by atoms with Gasteiger partial charge in [-0.25, -0.2) is 4.79 Å². The molecule has 1 N–H and O–H groups in total. The van der Waals surface area contributed by atoms with Crippen molar-refractivity contribution in [2.45, 2.75) is 6.42 Å². The van der Waals surface area contributed by atoms with Crippen LogP contribution in [0.4, 0.5) is 0 Å². The molecule has 6 heteroatoms. The molecule has 2 heterocycles.